The van der Waals surface area contributed by atoms with Crippen molar-refractivity contribution in [1.82, 2.24) is 4.90 Å². The van der Waals surface area contributed by atoms with Crippen LogP contribution in [0, 0.1) is 5.82 Å². The quantitative estimate of drug-likeness (QED) is 0.923. The lowest BCUT2D eigenvalue weighted by Gasteiger charge is -2.36. The third-order valence-corrected chi connectivity index (χ3v) is 5.40. The van der Waals surface area contributed by atoms with Crippen molar-refractivity contribution in [1.29, 1.82) is 0 Å². The summed E-state index contributed by atoms with van der Waals surface area (Å²) in [5.74, 6) is -0.480. The largest absolute Gasteiger partial charge is 0.388 e. The number of hydrogen-bond acceptors (Lipinski definition) is 3. The highest BCUT2D eigenvalue weighted by Gasteiger charge is 2.31. The van der Waals surface area contributed by atoms with Gasteiger partial charge in [0.15, 0.2) is 0 Å². The minimum atomic E-state index is -0.973. The number of benzene rings is 1. The Bertz CT molecular complexity index is 700. The van der Waals surface area contributed by atoms with Gasteiger partial charge in [0.25, 0.3) is 0 Å². The first-order chi connectivity index (χ1) is 11.1. The molecule has 0 saturated carbocycles. The molecule has 2 aromatic rings. The van der Waals surface area contributed by atoms with Gasteiger partial charge < -0.3 is 10.0 Å². The van der Waals surface area contributed by atoms with Crippen LogP contribution in [-0.4, -0.2) is 22.5 Å². The van der Waals surface area contributed by atoms with Gasteiger partial charge in [-0.25, -0.2) is 4.39 Å². The van der Waals surface area contributed by atoms with Crippen molar-refractivity contribution in [3.8, 4) is 0 Å². The van der Waals surface area contributed by atoms with Gasteiger partial charge in [0, 0.05) is 11.4 Å². The number of aliphatic hydroxyl groups is 1. The van der Waals surface area contributed by atoms with E-state index in [1.807, 2.05) is 4.90 Å². The Morgan fingerprint density at radius 1 is 1.48 bits per heavy atom. The molecule has 122 valence electrons. The highest BCUT2D eigenvalue weighted by molar-refractivity contribution is 7.10. The fourth-order valence-electron chi connectivity index (χ4n) is 3.25. The van der Waals surface area contributed by atoms with Crippen LogP contribution in [0.1, 0.15) is 47.9 Å². The average Bonchev–Trinajstić information content (AvgIpc) is 3.02. The summed E-state index contributed by atoms with van der Waals surface area (Å²) in [5.41, 5.74) is 1.68. The van der Waals surface area contributed by atoms with E-state index in [0.717, 1.165) is 12.8 Å². The van der Waals surface area contributed by atoms with E-state index in [-0.39, 0.29) is 18.4 Å². The topological polar surface area (TPSA) is 40.5 Å². The molecule has 0 saturated heterocycles. The molecule has 1 amide bonds. The Kier molecular flexibility index (Phi) is 4.78. The van der Waals surface area contributed by atoms with Crippen molar-refractivity contribution in [2.45, 2.75) is 38.3 Å². The molecular weight excluding hydrogens is 313 g/mol. The summed E-state index contributed by atoms with van der Waals surface area (Å²) in [5, 5.41) is 12.3. The molecule has 3 nitrogen and oxygen atoms in total. The number of amides is 1. The molecule has 3 rings (SSSR count). The molecule has 1 aromatic carbocycles. The standard InChI is InChI=1S/C18H20FNO2S/c1-2-15-14-7-9-23-17(14)6-8-20(15)18(22)11-16(21)12-4-3-5-13(19)10-12/h3-5,7,9-10,15-16,21H,2,6,8,11H2,1H3. The fraction of sp³-hybridized carbons (Fsp3) is 0.389. The first kappa shape index (κ1) is 16.1. The van der Waals surface area contributed by atoms with Crippen LogP contribution in [0.4, 0.5) is 4.39 Å². The smallest absolute Gasteiger partial charge is 0.226 e. The van der Waals surface area contributed by atoms with E-state index in [2.05, 4.69) is 18.4 Å². The molecule has 1 aromatic heterocycles. The van der Waals surface area contributed by atoms with E-state index in [0.29, 0.717) is 12.1 Å². The van der Waals surface area contributed by atoms with Crippen LogP contribution in [-0.2, 0) is 11.2 Å². The van der Waals surface area contributed by atoms with Crippen LogP contribution in [0.25, 0.3) is 0 Å². The molecule has 0 radical (unpaired) electrons. The van der Waals surface area contributed by atoms with E-state index < -0.39 is 11.9 Å². The van der Waals surface area contributed by atoms with E-state index in [1.54, 1.807) is 23.5 Å². The third-order valence-electron chi connectivity index (χ3n) is 4.40. The summed E-state index contributed by atoms with van der Waals surface area (Å²) in [4.78, 5) is 15.9. The summed E-state index contributed by atoms with van der Waals surface area (Å²) >= 11 is 1.74. The zero-order chi connectivity index (χ0) is 16.4. The van der Waals surface area contributed by atoms with Crippen LogP contribution in [0.2, 0.25) is 0 Å². The third kappa shape index (κ3) is 3.31. The number of hydrogen-bond donors (Lipinski definition) is 1. The molecule has 0 bridgehead atoms. The zero-order valence-corrected chi connectivity index (χ0v) is 13.9. The van der Waals surface area contributed by atoms with Gasteiger partial charge in [-0.3, -0.25) is 4.79 Å². The van der Waals surface area contributed by atoms with E-state index in [1.165, 1.54) is 22.6 Å². The molecular formula is C18H20FNO2S. The number of halogens is 1. The Morgan fingerprint density at radius 3 is 3.04 bits per heavy atom. The molecule has 2 heterocycles. The Balaban J connectivity index is 1.73. The first-order valence-electron chi connectivity index (χ1n) is 7.89. The van der Waals surface area contributed by atoms with Crippen molar-refractivity contribution in [3.05, 3.63) is 57.5 Å². The Labute approximate surface area is 139 Å². The van der Waals surface area contributed by atoms with Gasteiger partial charge in [0.1, 0.15) is 5.82 Å². The summed E-state index contributed by atoms with van der Waals surface area (Å²) in [6.07, 6.45) is 0.732. The second-order valence-corrected chi connectivity index (χ2v) is 6.84. The SMILES string of the molecule is CCC1c2ccsc2CCN1C(=O)CC(O)c1cccc(F)c1. The molecule has 1 N–H and O–H groups in total. The number of fused-ring (bicyclic) bond motifs is 1. The summed E-state index contributed by atoms with van der Waals surface area (Å²) < 4.78 is 13.3. The van der Waals surface area contributed by atoms with Gasteiger partial charge in [-0.1, -0.05) is 19.1 Å². The van der Waals surface area contributed by atoms with Crippen LogP contribution in [0.15, 0.2) is 35.7 Å². The second kappa shape index (κ2) is 6.81. The maximum absolute atomic E-state index is 13.3. The molecule has 2 unspecified atom stereocenters. The average molecular weight is 333 g/mol. The van der Waals surface area contributed by atoms with Gasteiger partial charge in [-0.2, -0.15) is 0 Å². The van der Waals surface area contributed by atoms with Gasteiger partial charge in [-0.05, 0) is 47.5 Å². The number of aliphatic hydroxyl groups excluding tert-OH is 1. The summed E-state index contributed by atoms with van der Waals surface area (Å²) in [7, 11) is 0. The maximum atomic E-state index is 13.3. The van der Waals surface area contributed by atoms with Crippen LogP contribution in [0.3, 0.4) is 0 Å². The van der Waals surface area contributed by atoms with Crippen LogP contribution < -0.4 is 0 Å². The minimum Gasteiger partial charge on any atom is -0.388 e. The van der Waals surface area contributed by atoms with Gasteiger partial charge in [-0.15, -0.1) is 11.3 Å². The van der Waals surface area contributed by atoms with E-state index in [9.17, 15) is 14.3 Å². The normalized spacial score (nSPS) is 18.6. The van der Waals surface area contributed by atoms with Crippen molar-refractivity contribution in [2.24, 2.45) is 0 Å². The molecule has 23 heavy (non-hydrogen) atoms. The van der Waals surface area contributed by atoms with Gasteiger partial charge >= 0.3 is 0 Å². The predicted molar refractivity (Wildman–Crippen MR) is 88.7 cm³/mol. The van der Waals surface area contributed by atoms with Crippen molar-refractivity contribution in [3.63, 3.8) is 0 Å². The van der Waals surface area contributed by atoms with E-state index >= 15 is 0 Å². The molecule has 0 aliphatic carbocycles. The number of carbonyl (C=O) groups is 1. The maximum Gasteiger partial charge on any atom is 0.226 e. The molecule has 1 aliphatic heterocycles. The van der Waals surface area contributed by atoms with Crippen molar-refractivity contribution in [2.75, 3.05) is 6.54 Å². The number of carbonyl (C=O) groups excluding carboxylic acids is 1. The highest BCUT2D eigenvalue weighted by atomic mass is 32.1. The molecule has 2 atom stereocenters. The van der Waals surface area contributed by atoms with Crippen molar-refractivity contribution >= 4 is 17.2 Å². The van der Waals surface area contributed by atoms with Crippen molar-refractivity contribution < 1.29 is 14.3 Å². The summed E-state index contributed by atoms with van der Waals surface area (Å²) in [6, 6.07) is 7.97. The molecule has 1 aliphatic rings. The molecule has 0 fully saturated rings. The second-order valence-electron chi connectivity index (χ2n) is 5.84. The lowest BCUT2D eigenvalue weighted by molar-refractivity contribution is -0.136. The van der Waals surface area contributed by atoms with E-state index in [4.69, 9.17) is 0 Å². The minimum absolute atomic E-state index is 0.0145. The van der Waals surface area contributed by atoms with Crippen LogP contribution in [0.5, 0.6) is 0 Å². The first-order valence-corrected chi connectivity index (χ1v) is 8.77. The lowest BCUT2D eigenvalue weighted by atomic mass is 9.96. The zero-order valence-electron chi connectivity index (χ0n) is 13.0. The molecule has 0 spiro atoms. The number of thiophene rings is 1. The highest BCUT2D eigenvalue weighted by Crippen LogP contribution is 2.36. The number of rotatable bonds is 4. The lowest BCUT2D eigenvalue weighted by Crippen LogP contribution is -2.39. The predicted octanol–water partition coefficient (Wildman–Crippen LogP) is 3.85. The van der Waals surface area contributed by atoms with Gasteiger partial charge in [0.2, 0.25) is 5.91 Å². The molecule has 5 heteroatoms. The van der Waals surface area contributed by atoms with Crippen LogP contribution >= 0.6 is 11.3 Å². The monoisotopic (exact) mass is 333 g/mol. The fourth-order valence-corrected chi connectivity index (χ4v) is 4.18. The summed E-state index contributed by atoms with van der Waals surface area (Å²) in [6.45, 7) is 2.75. The van der Waals surface area contributed by atoms with Gasteiger partial charge in [0.05, 0.1) is 18.6 Å². The Hall–Kier alpha value is -1.72. The number of nitrogens with zero attached hydrogens (tertiary/aromatic N) is 1. The Morgan fingerprint density at radius 2 is 2.30 bits per heavy atom.